The Morgan fingerprint density at radius 2 is 0.627 bits per heavy atom. The van der Waals surface area contributed by atoms with Gasteiger partial charge in [0.15, 0.2) is 6.10 Å². The number of esters is 3. The minimum Gasteiger partial charge on any atom is -0.462 e. The van der Waals surface area contributed by atoms with Gasteiger partial charge in [-0.3, -0.25) is 14.4 Å². The molecule has 0 aliphatic heterocycles. The quantitative estimate of drug-likeness (QED) is 0.0263. The number of carbonyl (C=O) groups excluding carboxylic acids is 3. The van der Waals surface area contributed by atoms with Gasteiger partial charge in [-0.15, -0.1) is 0 Å². The summed E-state index contributed by atoms with van der Waals surface area (Å²) in [5, 5.41) is 0. The molecule has 6 heteroatoms. The Kier molecular flexibility index (Phi) is 45.9. The lowest BCUT2D eigenvalue weighted by molar-refractivity contribution is -0.167. The summed E-state index contributed by atoms with van der Waals surface area (Å²) >= 11 is 0. The van der Waals surface area contributed by atoms with E-state index in [1.54, 1.807) is 0 Å². The fraction of sp³-hybridized carbons (Fsp3) is 0.792. The van der Waals surface area contributed by atoms with Crippen molar-refractivity contribution in [2.24, 2.45) is 0 Å². The van der Waals surface area contributed by atoms with E-state index in [1.165, 1.54) is 128 Å². The van der Waals surface area contributed by atoms with Crippen molar-refractivity contribution in [1.82, 2.24) is 0 Å². The van der Waals surface area contributed by atoms with Gasteiger partial charge >= 0.3 is 17.9 Å². The predicted octanol–water partition coefficient (Wildman–Crippen LogP) is 16.3. The first-order valence-electron chi connectivity index (χ1n) is 25.1. The highest BCUT2D eigenvalue weighted by Crippen LogP contribution is 2.14. The molecule has 0 aliphatic carbocycles. The third kappa shape index (κ3) is 46.3. The molecule has 0 bridgehead atoms. The highest BCUT2D eigenvalue weighted by molar-refractivity contribution is 5.71. The number of hydrogen-bond acceptors (Lipinski definition) is 6. The van der Waals surface area contributed by atoms with Crippen LogP contribution in [0.2, 0.25) is 0 Å². The number of ether oxygens (including phenoxy) is 3. The lowest BCUT2D eigenvalue weighted by atomic mass is 10.1. The van der Waals surface area contributed by atoms with Gasteiger partial charge in [-0.05, 0) is 89.9 Å². The number of hydrogen-bond donors (Lipinski definition) is 0. The molecule has 0 aromatic rings. The Morgan fingerprint density at radius 1 is 0.339 bits per heavy atom. The standard InChI is InChI=1S/C53H94O6/c1-4-7-10-13-16-19-22-23-24-25-26-27-28-29-32-34-37-40-43-46-52(55)58-49-50(59-53(56)47-44-41-38-35-31-21-18-15-12-9-6-3)48-57-51(54)45-42-39-36-33-30-20-17-14-11-8-5-2/h14-19,23-24,50H,4-13,20-22,25-49H2,1-3H3/b17-14-,18-15-,19-16-,24-23-/t50-/m0/s1. The second-order valence-corrected chi connectivity index (χ2v) is 16.7. The smallest absolute Gasteiger partial charge is 0.306 e. The summed E-state index contributed by atoms with van der Waals surface area (Å²) in [7, 11) is 0. The summed E-state index contributed by atoms with van der Waals surface area (Å²) in [6.07, 6.45) is 56.6. The highest BCUT2D eigenvalue weighted by Gasteiger charge is 2.19. The van der Waals surface area contributed by atoms with Crippen molar-refractivity contribution in [3.8, 4) is 0 Å². The van der Waals surface area contributed by atoms with Crippen LogP contribution in [0.15, 0.2) is 48.6 Å². The molecule has 0 heterocycles. The van der Waals surface area contributed by atoms with Crippen molar-refractivity contribution in [1.29, 1.82) is 0 Å². The van der Waals surface area contributed by atoms with Crippen molar-refractivity contribution in [3.63, 3.8) is 0 Å². The van der Waals surface area contributed by atoms with E-state index in [0.29, 0.717) is 19.3 Å². The maximum absolute atomic E-state index is 12.7. The second-order valence-electron chi connectivity index (χ2n) is 16.7. The van der Waals surface area contributed by atoms with E-state index in [4.69, 9.17) is 14.2 Å². The minimum atomic E-state index is -0.779. The maximum atomic E-state index is 12.7. The first-order valence-corrected chi connectivity index (χ1v) is 25.1. The van der Waals surface area contributed by atoms with Crippen molar-refractivity contribution < 1.29 is 28.6 Å². The van der Waals surface area contributed by atoms with Crippen molar-refractivity contribution in [2.75, 3.05) is 13.2 Å². The molecule has 0 saturated carbocycles. The molecule has 0 N–H and O–H groups in total. The molecule has 0 saturated heterocycles. The Hall–Kier alpha value is -2.63. The first kappa shape index (κ1) is 56.4. The molecule has 0 unspecified atom stereocenters. The van der Waals surface area contributed by atoms with Crippen LogP contribution in [0.4, 0.5) is 0 Å². The lowest BCUT2D eigenvalue weighted by Gasteiger charge is -2.18. The minimum absolute atomic E-state index is 0.0809. The molecule has 6 nitrogen and oxygen atoms in total. The van der Waals surface area contributed by atoms with Crippen molar-refractivity contribution >= 4 is 17.9 Å². The highest BCUT2D eigenvalue weighted by atomic mass is 16.6. The number of rotatable bonds is 45. The van der Waals surface area contributed by atoms with Crippen molar-refractivity contribution in [2.45, 2.75) is 258 Å². The van der Waals surface area contributed by atoms with Gasteiger partial charge in [-0.1, -0.05) is 191 Å². The zero-order chi connectivity index (χ0) is 43.0. The van der Waals surface area contributed by atoms with Gasteiger partial charge in [0.1, 0.15) is 13.2 Å². The Balaban J connectivity index is 4.31. The van der Waals surface area contributed by atoms with E-state index >= 15 is 0 Å². The zero-order valence-electron chi connectivity index (χ0n) is 39.0. The lowest BCUT2D eigenvalue weighted by Crippen LogP contribution is -2.30. The van der Waals surface area contributed by atoms with Crippen LogP contribution in [0.5, 0.6) is 0 Å². The Morgan fingerprint density at radius 3 is 1.00 bits per heavy atom. The molecule has 342 valence electrons. The van der Waals surface area contributed by atoms with Crippen LogP contribution in [0.25, 0.3) is 0 Å². The van der Waals surface area contributed by atoms with E-state index in [2.05, 4.69) is 69.4 Å². The van der Waals surface area contributed by atoms with Gasteiger partial charge in [0, 0.05) is 19.3 Å². The second kappa shape index (κ2) is 48.0. The molecule has 0 fully saturated rings. The fourth-order valence-corrected chi connectivity index (χ4v) is 6.90. The van der Waals surface area contributed by atoms with Gasteiger partial charge in [0.2, 0.25) is 0 Å². The number of carbonyl (C=O) groups is 3. The average molecular weight is 827 g/mol. The molecule has 0 spiro atoms. The molecule has 0 aliphatic rings. The molecule has 0 aromatic carbocycles. The average Bonchev–Trinajstić information content (AvgIpc) is 3.23. The van der Waals surface area contributed by atoms with Crippen LogP contribution in [-0.2, 0) is 28.6 Å². The zero-order valence-corrected chi connectivity index (χ0v) is 39.0. The molecule has 59 heavy (non-hydrogen) atoms. The van der Waals surface area contributed by atoms with Crippen LogP contribution < -0.4 is 0 Å². The van der Waals surface area contributed by atoms with Gasteiger partial charge in [0.25, 0.3) is 0 Å². The van der Waals surface area contributed by atoms with Gasteiger partial charge in [-0.25, -0.2) is 0 Å². The van der Waals surface area contributed by atoms with E-state index in [-0.39, 0.29) is 31.1 Å². The summed E-state index contributed by atoms with van der Waals surface area (Å²) in [5.74, 6) is -0.902. The van der Waals surface area contributed by atoms with E-state index < -0.39 is 6.10 Å². The van der Waals surface area contributed by atoms with Gasteiger partial charge < -0.3 is 14.2 Å². The molecule has 0 radical (unpaired) electrons. The fourth-order valence-electron chi connectivity index (χ4n) is 6.90. The third-order valence-electron chi connectivity index (χ3n) is 10.8. The summed E-state index contributed by atoms with van der Waals surface area (Å²) in [4.78, 5) is 37.8. The number of allylic oxidation sites excluding steroid dienone is 8. The van der Waals surface area contributed by atoms with E-state index in [1.807, 2.05) is 0 Å². The van der Waals surface area contributed by atoms with Crippen molar-refractivity contribution in [3.05, 3.63) is 48.6 Å². The van der Waals surface area contributed by atoms with Crippen LogP contribution >= 0.6 is 0 Å². The summed E-state index contributed by atoms with van der Waals surface area (Å²) < 4.78 is 16.7. The Bertz CT molecular complexity index is 1040. The Labute approximate surface area is 365 Å². The third-order valence-corrected chi connectivity index (χ3v) is 10.8. The molecular formula is C53H94O6. The maximum Gasteiger partial charge on any atom is 0.306 e. The van der Waals surface area contributed by atoms with Gasteiger partial charge in [0.05, 0.1) is 0 Å². The molecule has 0 rings (SSSR count). The van der Waals surface area contributed by atoms with Crippen LogP contribution in [0.1, 0.15) is 252 Å². The van der Waals surface area contributed by atoms with Crippen LogP contribution in [-0.4, -0.2) is 37.2 Å². The van der Waals surface area contributed by atoms with Crippen LogP contribution in [0.3, 0.4) is 0 Å². The molecule has 0 amide bonds. The molecular weight excluding hydrogens is 733 g/mol. The number of unbranched alkanes of at least 4 members (excludes halogenated alkanes) is 26. The molecule has 1 atom stereocenters. The summed E-state index contributed by atoms with van der Waals surface area (Å²) in [6.45, 7) is 6.52. The topological polar surface area (TPSA) is 78.9 Å². The normalized spacial score (nSPS) is 12.4. The van der Waals surface area contributed by atoms with Gasteiger partial charge in [-0.2, -0.15) is 0 Å². The largest absolute Gasteiger partial charge is 0.462 e. The first-order chi connectivity index (χ1) is 29.0. The molecule has 0 aromatic heterocycles. The van der Waals surface area contributed by atoms with Crippen LogP contribution in [0, 0.1) is 0 Å². The SMILES string of the molecule is CCCC/C=C\CCCCCCCC(=O)OC[C@@H](COC(=O)CCCCCCCCCCC/C=C\C/C=C\CCCCC)OC(=O)CCCCCCC/C=C\CCCC. The van der Waals surface area contributed by atoms with E-state index in [0.717, 1.165) is 83.5 Å². The summed E-state index contributed by atoms with van der Waals surface area (Å²) in [6, 6.07) is 0. The summed E-state index contributed by atoms with van der Waals surface area (Å²) in [5.41, 5.74) is 0. The monoisotopic (exact) mass is 827 g/mol. The predicted molar refractivity (Wildman–Crippen MR) is 252 cm³/mol. The van der Waals surface area contributed by atoms with E-state index in [9.17, 15) is 14.4 Å².